The lowest BCUT2D eigenvalue weighted by molar-refractivity contribution is -0.264. The normalized spacial score (nSPS) is 37.5. The number of rotatable bonds is 8. The number of carbonyl (C=O) groups is 4. The second kappa shape index (κ2) is 27.3. The zero-order valence-corrected chi connectivity index (χ0v) is 45.9. The third kappa shape index (κ3) is 15.4. The molecule has 16 heteroatoms. The van der Waals surface area contributed by atoms with E-state index in [9.17, 15) is 42.9 Å². The molecule has 1 aromatic carbocycles. The van der Waals surface area contributed by atoms with E-state index in [0.29, 0.717) is 75.4 Å². The van der Waals surface area contributed by atoms with Crippen molar-refractivity contribution >= 4 is 33.5 Å². The van der Waals surface area contributed by atoms with Crippen LogP contribution in [0.15, 0.2) is 82.8 Å². The van der Waals surface area contributed by atoms with Crippen LogP contribution < -0.4 is 0 Å². The zero-order valence-electron chi connectivity index (χ0n) is 45.1. The molecule has 0 unspecified atom stereocenters. The van der Waals surface area contributed by atoms with Gasteiger partial charge in [-0.3, -0.25) is 14.4 Å². The molecule has 5 rings (SSSR count). The van der Waals surface area contributed by atoms with Gasteiger partial charge in [0.1, 0.15) is 24.4 Å². The van der Waals surface area contributed by atoms with Crippen LogP contribution in [0.2, 0.25) is 0 Å². The van der Waals surface area contributed by atoms with Gasteiger partial charge in [-0.2, -0.15) is 4.31 Å². The zero-order chi connectivity index (χ0) is 53.8. The summed E-state index contributed by atoms with van der Waals surface area (Å²) in [5, 5.41) is 34.3. The van der Waals surface area contributed by atoms with Gasteiger partial charge in [-0.15, -0.1) is 0 Å². The Balaban J connectivity index is 1.51. The summed E-state index contributed by atoms with van der Waals surface area (Å²) in [4.78, 5) is 58.7. The molecular formula is C57H86N2O13S. The summed E-state index contributed by atoms with van der Waals surface area (Å²) >= 11 is 0. The van der Waals surface area contributed by atoms with Crippen molar-refractivity contribution in [2.45, 2.75) is 191 Å². The highest BCUT2D eigenvalue weighted by molar-refractivity contribution is 7.89. The number of carbonyl (C=O) groups excluding carboxylic acids is 4. The first-order chi connectivity index (χ1) is 34.5. The number of amides is 1. The fourth-order valence-corrected chi connectivity index (χ4v) is 12.8. The Hall–Kier alpha value is -3.87. The molecule has 0 radical (unpaired) electrons. The van der Waals surface area contributed by atoms with Crippen LogP contribution in [0.5, 0.6) is 0 Å². The number of hydrogen-bond acceptors (Lipinski definition) is 13. The Bertz CT molecular complexity index is 2250. The monoisotopic (exact) mass is 1040 g/mol. The molecule has 2 bridgehead atoms. The number of esters is 1. The lowest BCUT2D eigenvalue weighted by Gasteiger charge is -2.43. The van der Waals surface area contributed by atoms with Crippen molar-refractivity contribution in [3.63, 3.8) is 0 Å². The summed E-state index contributed by atoms with van der Waals surface area (Å²) in [7, 11) is 0.450. The Labute approximate surface area is 435 Å². The molecule has 3 aliphatic heterocycles. The number of ether oxygens (including phenoxy) is 4. The van der Waals surface area contributed by atoms with E-state index in [0.717, 1.165) is 6.42 Å². The molecule has 3 N–H and O–H groups in total. The van der Waals surface area contributed by atoms with Crippen LogP contribution in [-0.4, -0.2) is 139 Å². The lowest BCUT2D eigenvalue weighted by Crippen LogP contribution is -2.61. The van der Waals surface area contributed by atoms with Gasteiger partial charge in [0.2, 0.25) is 15.8 Å². The standard InChI is InChI=1S/C57H86N2O13S/c1-36-19-13-11-14-20-38(3)47(58(8)73(67,68)45-21-15-12-16-22-45)35-44-27-25-42(7)57(66,72-44)54(63)55(64)59-30-18-17-23-46(59)56(65)71-49(39(4)33-43-26-28-48(60)50(34-43)69-9)29-24-37(2)32-41(6)52(62)53(70-10)51(61)40(5)31-36/h11-16,19-22,32,36-37,39-40,42-44,46-50,52-53,60,62,66H,17-18,23-31,33-35H2,1-10H3/b14-11+,19-13+,38-20+,41-32+/t36-,37+,39-,40-,42-,43-,44+,46+,47+,48-,49+,50-,52-,53+,57-/m1/s1. The van der Waals surface area contributed by atoms with Crippen LogP contribution >= 0.6 is 0 Å². The molecule has 15 atom stereocenters. The van der Waals surface area contributed by atoms with E-state index in [1.807, 2.05) is 52.0 Å². The highest BCUT2D eigenvalue weighted by Gasteiger charge is 2.53. The molecule has 2 saturated heterocycles. The van der Waals surface area contributed by atoms with E-state index in [1.54, 1.807) is 58.2 Å². The van der Waals surface area contributed by atoms with Crippen molar-refractivity contribution in [2.75, 3.05) is 27.8 Å². The minimum atomic E-state index is -4.05. The number of sulfonamides is 1. The molecule has 3 heterocycles. The largest absolute Gasteiger partial charge is 0.461 e. The maximum atomic E-state index is 14.5. The molecule has 408 valence electrons. The highest BCUT2D eigenvalue weighted by atomic mass is 32.2. The molecule has 0 aromatic heterocycles. The van der Waals surface area contributed by atoms with Gasteiger partial charge in [-0.05, 0) is 139 Å². The van der Waals surface area contributed by atoms with Gasteiger partial charge < -0.3 is 39.2 Å². The molecule has 1 aromatic rings. The number of Topliss-reactive ketones (excluding diaryl/α,β-unsaturated/α-hetero) is 2. The molecule has 1 aliphatic carbocycles. The average Bonchev–Trinajstić information content (AvgIpc) is 3.37. The fraction of sp³-hybridized carbons (Fsp3) is 0.684. The summed E-state index contributed by atoms with van der Waals surface area (Å²) < 4.78 is 53.5. The number of aliphatic hydroxyl groups excluding tert-OH is 2. The van der Waals surface area contributed by atoms with E-state index in [2.05, 4.69) is 0 Å². The number of likely N-dealkylation sites (N-methyl/N-ethyl adjacent to an activating group) is 1. The number of nitrogens with zero attached hydrogens (tertiary/aromatic N) is 2. The van der Waals surface area contributed by atoms with Crippen LogP contribution in [-0.2, 0) is 48.1 Å². The van der Waals surface area contributed by atoms with Crippen molar-refractivity contribution in [3.05, 3.63) is 77.9 Å². The Morgan fingerprint density at radius 1 is 0.836 bits per heavy atom. The lowest BCUT2D eigenvalue weighted by atomic mass is 9.78. The van der Waals surface area contributed by atoms with Crippen LogP contribution in [0.25, 0.3) is 0 Å². The van der Waals surface area contributed by atoms with Crippen molar-refractivity contribution in [2.24, 2.45) is 35.5 Å². The van der Waals surface area contributed by atoms with Crippen molar-refractivity contribution in [1.29, 1.82) is 0 Å². The average molecular weight is 1040 g/mol. The molecular weight excluding hydrogens is 953 g/mol. The first kappa shape index (κ1) is 60.0. The van der Waals surface area contributed by atoms with Crippen molar-refractivity contribution in [3.8, 4) is 0 Å². The Morgan fingerprint density at radius 3 is 2.23 bits per heavy atom. The van der Waals surface area contributed by atoms with Crippen molar-refractivity contribution < 1.29 is 61.9 Å². The summed E-state index contributed by atoms with van der Waals surface area (Å²) in [6, 6.07) is 6.15. The number of aliphatic hydroxyl groups is 3. The maximum Gasteiger partial charge on any atom is 0.329 e. The first-order valence-electron chi connectivity index (χ1n) is 26.7. The SMILES string of the molecule is CO[C@@H]1C[C@@H](C[C@@H](C)[C@@H]2CC[C@H](C)/C=C(\C)[C@@H](O)[C@@H](OC)C(=O)[C@H](C)C[C@H](C)/C=C/C=C/C=C(\C)[C@@H](N(C)S(=O)(=O)c3ccccc3)C[C@@H]3CC[C@@H](C)[C@@](O)(O3)C(=O)C(=O)N3CCCC[C@H]3C(=O)O2)CC[C@H]1O. The predicted molar refractivity (Wildman–Crippen MR) is 279 cm³/mol. The number of methoxy groups -OCH3 is 2. The fourth-order valence-electron chi connectivity index (χ4n) is 11.4. The maximum absolute atomic E-state index is 14.5. The number of hydrogen-bond donors (Lipinski definition) is 3. The summed E-state index contributed by atoms with van der Waals surface area (Å²) in [6.45, 7) is 13.2. The minimum Gasteiger partial charge on any atom is -0.461 e. The summed E-state index contributed by atoms with van der Waals surface area (Å²) in [6.07, 6.45) is 12.9. The van der Waals surface area contributed by atoms with E-state index in [4.69, 9.17) is 18.9 Å². The second-order valence-electron chi connectivity index (χ2n) is 21.8. The molecule has 15 nitrogen and oxygen atoms in total. The summed E-state index contributed by atoms with van der Waals surface area (Å²) in [5.41, 5.74) is 1.23. The Kier molecular flexibility index (Phi) is 22.4. The topological polar surface area (TPSA) is 207 Å². The van der Waals surface area contributed by atoms with Gasteiger partial charge in [0, 0.05) is 45.7 Å². The predicted octanol–water partition coefficient (Wildman–Crippen LogP) is 7.68. The van der Waals surface area contributed by atoms with Gasteiger partial charge in [0.05, 0.1) is 23.2 Å². The molecule has 1 amide bonds. The Morgan fingerprint density at radius 2 is 1.55 bits per heavy atom. The highest BCUT2D eigenvalue weighted by Crippen LogP contribution is 2.39. The van der Waals surface area contributed by atoms with Gasteiger partial charge in [0.15, 0.2) is 5.78 Å². The van der Waals surface area contributed by atoms with Gasteiger partial charge in [-0.1, -0.05) is 94.8 Å². The van der Waals surface area contributed by atoms with Crippen LogP contribution in [0.4, 0.5) is 0 Å². The first-order valence-corrected chi connectivity index (χ1v) is 28.1. The van der Waals surface area contributed by atoms with E-state index in [-0.39, 0.29) is 59.8 Å². The number of ketones is 2. The van der Waals surface area contributed by atoms with Crippen LogP contribution in [0.3, 0.4) is 0 Å². The van der Waals surface area contributed by atoms with E-state index < -0.39 is 87.9 Å². The molecule has 73 heavy (non-hydrogen) atoms. The van der Waals surface area contributed by atoms with Crippen molar-refractivity contribution in [1.82, 2.24) is 9.21 Å². The number of fused-ring (bicyclic) bond motifs is 3. The number of cyclic esters (lactones) is 1. The number of piperidine rings is 1. The van der Waals surface area contributed by atoms with E-state index >= 15 is 0 Å². The van der Waals surface area contributed by atoms with Gasteiger partial charge in [0.25, 0.3) is 11.7 Å². The van der Waals surface area contributed by atoms with Gasteiger partial charge in [-0.25, -0.2) is 13.2 Å². The molecule has 3 fully saturated rings. The van der Waals surface area contributed by atoms with Crippen LogP contribution in [0.1, 0.15) is 132 Å². The number of benzene rings is 1. The third-order valence-corrected chi connectivity index (χ3v) is 18.0. The minimum absolute atomic E-state index is 0.0265. The molecule has 4 aliphatic rings. The smallest absolute Gasteiger partial charge is 0.329 e. The van der Waals surface area contributed by atoms with Crippen LogP contribution in [0, 0.1) is 35.5 Å². The second-order valence-corrected chi connectivity index (χ2v) is 23.8. The quantitative estimate of drug-likeness (QED) is 0.130. The number of allylic oxidation sites excluding steroid dienone is 6. The van der Waals surface area contributed by atoms with E-state index in [1.165, 1.54) is 35.5 Å². The van der Waals surface area contributed by atoms with Gasteiger partial charge >= 0.3 is 5.97 Å². The molecule has 1 saturated carbocycles. The molecule has 0 spiro atoms. The summed E-state index contributed by atoms with van der Waals surface area (Å²) in [5.74, 6) is -6.97. The third-order valence-electron chi connectivity index (χ3n) is 16.1.